The molecule has 13 heteroatoms. The van der Waals surface area contributed by atoms with E-state index in [4.69, 9.17) is 9.94 Å². The predicted octanol–water partition coefficient (Wildman–Crippen LogP) is 5.03. The molecule has 222 valence electrons. The number of aliphatic hydroxyl groups excluding tert-OH is 1. The van der Waals surface area contributed by atoms with Gasteiger partial charge in [0.2, 0.25) is 0 Å². The van der Waals surface area contributed by atoms with Crippen molar-refractivity contribution >= 4 is 38.4 Å². The molecule has 2 aromatic carbocycles. The number of pyridine rings is 1. The van der Waals surface area contributed by atoms with Crippen LogP contribution < -0.4 is 10.2 Å². The van der Waals surface area contributed by atoms with E-state index in [0.29, 0.717) is 45.8 Å². The quantitative estimate of drug-likeness (QED) is 0.277. The second kappa shape index (κ2) is 12.4. The molecule has 0 unspecified atom stereocenters. The minimum Gasteiger partial charge on any atom is -0.406 e. The molecule has 0 radical (unpaired) electrons. The fraction of sp³-hybridized carbons (Fsp3) is 0.345. The van der Waals surface area contributed by atoms with E-state index in [1.165, 1.54) is 6.07 Å². The van der Waals surface area contributed by atoms with Gasteiger partial charge in [-0.25, -0.2) is 4.98 Å². The molecule has 5 rings (SSSR count). The maximum Gasteiger partial charge on any atom is 0.433 e. The Hall–Kier alpha value is -3.52. The summed E-state index contributed by atoms with van der Waals surface area (Å²) in [5.41, 5.74) is 1.40. The molecule has 3 heterocycles. The zero-order valence-corrected chi connectivity index (χ0v) is 24.7. The van der Waals surface area contributed by atoms with Gasteiger partial charge in [-0.05, 0) is 55.8 Å². The highest BCUT2D eigenvalue weighted by Crippen LogP contribution is 2.33. The Labute approximate surface area is 249 Å². The number of benzene rings is 2. The van der Waals surface area contributed by atoms with Crippen molar-refractivity contribution in [3.8, 4) is 5.75 Å². The minimum absolute atomic E-state index is 0.0682. The maximum atomic E-state index is 13.6. The SMILES string of the molecule is Cc1nn(Cc2ccc(ON3CCN(CCO)CC3)cc2)c(C)c1NC(=O)c1cc(C(F)(F)F)nc2ccc(Br)cc12. The Morgan fingerprint density at radius 1 is 1.07 bits per heavy atom. The van der Waals surface area contributed by atoms with E-state index in [2.05, 4.69) is 36.2 Å². The van der Waals surface area contributed by atoms with Crippen LogP contribution in [0.4, 0.5) is 18.9 Å². The number of piperazine rings is 1. The molecule has 0 atom stereocenters. The van der Waals surface area contributed by atoms with E-state index in [1.807, 2.05) is 29.3 Å². The van der Waals surface area contributed by atoms with E-state index >= 15 is 0 Å². The van der Waals surface area contributed by atoms with E-state index in [9.17, 15) is 18.0 Å². The Bertz CT molecular complexity index is 1580. The van der Waals surface area contributed by atoms with Crippen LogP contribution in [0.5, 0.6) is 5.75 Å². The smallest absolute Gasteiger partial charge is 0.406 e. The number of β-amino-alcohol motifs (C(OH)–C–C–N with tert-alkyl or cyclic N) is 1. The van der Waals surface area contributed by atoms with Crippen LogP contribution in [0.3, 0.4) is 0 Å². The number of hydrogen-bond donors (Lipinski definition) is 2. The average molecular weight is 647 g/mol. The number of amides is 1. The van der Waals surface area contributed by atoms with Gasteiger partial charge >= 0.3 is 6.18 Å². The van der Waals surface area contributed by atoms with E-state index in [-0.39, 0.29) is 17.7 Å². The van der Waals surface area contributed by atoms with Crippen LogP contribution in [0, 0.1) is 13.8 Å². The van der Waals surface area contributed by atoms with E-state index < -0.39 is 17.8 Å². The zero-order valence-electron chi connectivity index (χ0n) is 23.1. The van der Waals surface area contributed by atoms with Crippen LogP contribution in [0.1, 0.15) is 33.0 Å². The third kappa shape index (κ3) is 6.75. The third-order valence-electron chi connectivity index (χ3n) is 7.16. The lowest BCUT2D eigenvalue weighted by atomic mass is 10.1. The molecule has 1 fully saturated rings. The second-order valence-corrected chi connectivity index (χ2v) is 11.0. The highest BCUT2D eigenvalue weighted by Gasteiger charge is 2.34. The summed E-state index contributed by atoms with van der Waals surface area (Å²) in [5.74, 6) is 0.0283. The first-order valence-electron chi connectivity index (χ1n) is 13.4. The normalized spacial score (nSPS) is 14.8. The van der Waals surface area contributed by atoms with Gasteiger partial charge in [0, 0.05) is 42.6 Å². The van der Waals surface area contributed by atoms with Gasteiger partial charge in [-0.15, -0.1) is 5.06 Å². The summed E-state index contributed by atoms with van der Waals surface area (Å²) in [6.07, 6.45) is -4.71. The number of fused-ring (bicyclic) bond motifs is 1. The number of hydrogen-bond acceptors (Lipinski definition) is 7. The molecule has 0 bridgehead atoms. The molecule has 1 saturated heterocycles. The first-order chi connectivity index (χ1) is 20.0. The Kier molecular flexibility index (Phi) is 8.83. The van der Waals surface area contributed by atoms with Crippen molar-refractivity contribution in [3.63, 3.8) is 0 Å². The summed E-state index contributed by atoms with van der Waals surface area (Å²) in [6, 6.07) is 13.0. The Morgan fingerprint density at radius 2 is 1.79 bits per heavy atom. The fourth-order valence-electron chi connectivity index (χ4n) is 4.91. The third-order valence-corrected chi connectivity index (χ3v) is 7.66. The lowest BCUT2D eigenvalue weighted by Gasteiger charge is -2.33. The summed E-state index contributed by atoms with van der Waals surface area (Å²) in [5, 5.41) is 18.6. The summed E-state index contributed by atoms with van der Waals surface area (Å²) in [4.78, 5) is 25.2. The highest BCUT2D eigenvalue weighted by atomic mass is 79.9. The molecule has 4 aromatic rings. The van der Waals surface area contributed by atoms with Crippen molar-refractivity contribution in [3.05, 3.63) is 81.2 Å². The molecule has 9 nitrogen and oxygen atoms in total. The first kappa shape index (κ1) is 30.0. The number of aromatic nitrogens is 3. The second-order valence-electron chi connectivity index (χ2n) is 10.1. The lowest BCUT2D eigenvalue weighted by Crippen LogP contribution is -2.48. The molecular formula is C29H30BrF3N6O3. The molecular weight excluding hydrogens is 617 g/mol. The van der Waals surface area contributed by atoms with Crippen LogP contribution in [-0.4, -0.2) is 75.1 Å². The molecule has 2 aromatic heterocycles. The minimum atomic E-state index is -4.71. The summed E-state index contributed by atoms with van der Waals surface area (Å²) >= 11 is 3.32. The topological polar surface area (TPSA) is 95.8 Å². The van der Waals surface area contributed by atoms with Crippen LogP contribution >= 0.6 is 15.9 Å². The van der Waals surface area contributed by atoms with Gasteiger partial charge in [-0.1, -0.05) is 28.1 Å². The van der Waals surface area contributed by atoms with Gasteiger partial charge < -0.3 is 15.3 Å². The highest BCUT2D eigenvalue weighted by molar-refractivity contribution is 9.10. The Morgan fingerprint density at radius 3 is 2.45 bits per heavy atom. The zero-order chi connectivity index (χ0) is 30.0. The molecule has 0 saturated carbocycles. The van der Waals surface area contributed by atoms with Gasteiger partial charge in [0.05, 0.1) is 41.3 Å². The number of rotatable bonds is 8. The number of nitrogens with zero attached hydrogens (tertiary/aromatic N) is 5. The number of aryl methyl sites for hydroxylation is 1. The molecule has 42 heavy (non-hydrogen) atoms. The largest absolute Gasteiger partial charge is 0.433 e. The predicted molar refractivity (Wildman–Crippen MR) is 155 cm³/mol. The molecule has 1 aliphatic rings. The maximum absolute atomic E-state index is 13.6. The van der Waals surface area contributed by atoms with Gasteiger partial charge in [0.1, 0.15) is 11.4 Å². The number of halogens is 4. The van der Waals surface area contributed by atoms with Crippen LogP contribution in [-0.2, 0) is 12.7 Å². The van der Waals surface area contributed by atoms with Crippen LogP contribution in [0.25, 0.3) is 10.9 Å². The molecule has 0 aliphatic carbocycles. The fourth-order valence-corrected chi connectivity index (χ4v) is 5.27. The van der Waals surface area contributed by atoms with Crippen molar-refractivity contribution in [2.24, 2.45) is 0 Å². The van der Waals surface area contributed by atoms with Crippen LogP contribution in [0.2, 0.25) is 0 Å². The number of alkyl halides is 3. The van der Waals surface area contributed by atoms with Crippen molar-refractivity contribution in [1.29, 1.82) is 0 Å². The first-order valence-corrected chi connectivity index (χ1v) is 14.2. The number of carbonyl (C=O) groups is 1. The van der Waals surface area contributed by atoms with Gasteiger partial charge in [-0.2, -0.15) is 18.3 Å². The monoisotopic (exact) mass is 646 g/mol. The number of nitrogens with one attached hydrogen (secondary N) is 1. The summed E-state index contributed by atoms with van der Waals surface area (Å²) < 4.78 is 43.0. The molecule has 0 spiro atoms. The number of aliphatic hydroxyl groups is 1. The van der Waals surface area contributed by atoms with Crippen molar-refractivity contribution in [2.75, 3.05) is 44.6 Å². The number of carbonyl (C=O) groups excluding carboxylic acids is 1. The Balaban J connectivity index is 1.30. The van der Waals surface area contributed by atoms with Gasteiger partial charge in [0.25, 0.3) is 5.91 Å². The standard InChI is InChI=1S/C29H30BrF3N6O3/c1-18-27(35-28(41)24-16-26(29(31,32)33)34-25-8-5-21(30)15-23(24)25)19(2)39(36-18)17-20-3-6-22(7-4-20)42-38-11-9-37(10-12-38)13-14-40/h3-8,15-16,40H,9-14,17H2,1-2H3,(H,35,41). The van der Waals surface area contributed by atoms with Crippen LogP contribution in [0.15, 0.2) is 53.0 Å². The van der Waals surface area contributed by atoms with Gasteiger partial charge in [-0.3, -0.25) is 14.4 Å². The summed E-state index contributed by atoms with van der Waals surface area (Å²) in [6.45, 7) is 7.91. The van der Waals surface area contributed by atoms with Crippen molar-refractivity contribution in [2.45, 2.75) is 26.6 Å². The molecule has 2 N–H and O–H groups in total. The van der Waals surface area contributed by atoms with E-state index in [0.717, 1.165) is 37.8 Å². The summed E-state index contributed by atoms with van der Waals surface area (Å²) in [7, 11) is 0. The molecule has 1 aliphatic heterocycles. The molecule has 1 amide bonds. The van der Waals surface area contributed by atoms with Gasteiger partial charge in [0.15, 0.2) is 0 Å². The van der Waals surface area contributed by atoms with E-state index in [1.54, 1.807) is 30.7 Å². The number of hydroxylamine groups is 2. The van der Waals surface area contributed by atoms with Crippen molar-refractivity contribution < 1.29 is 27.9 Å². The lowest BCUT2D eigenvalue weighted by molar-refractivity contribution is -0.140. The number of anilines is 1. The van der Waals surface area contributed by atoms with Crippen molar-refractivity contribution in [1.82, 2.24) is 24.7 Å². The average Bonchev–Trinajstić information content (AvgIpc) is 3.21.